The molecule has 0 aliphatic heterocycles. The van der Waals surface area contributed by atoms with Gasteiger partial charge in [-0.1, -0.05) is 0 Å². The van der Waals surface area contributed by atoms with Crippen LogP contribution in [0.2, 0.25) is 0 Å². The SMILES string of the molecule is Fc1ccc(-n2cnnn2)cc1NCc1cc[nH]c1. The molecule has 2 N–H and O–H groups in total. The first-order valence-corrected chi connectivity index (χ1v) is 5.71. The minimum atomic E-state index is -0.313. The highest BCUT2D eigenvalue weighted by atomic mass is 19.1. The summed E-state index contributed by atoms with van der Waals surface area (Å²) in [5.41, 5.74) is 2.16. The molecule has 2 aromatic heterocycles. The van der Waals surface area contributed by atoms with E-state index in [9.17, 15) is 4.39 Å². The van der Waals surface area contributed by atoms with Gasteiger partial charge in [0, 0.05) is 18.9 Å². The number of halogens is 1. The molecular weight excluding hydrogens is 247 g/mol. The van der Waals surface area contributed by atoms with Crippen molar-refractivity contribution in [2.75, 3.05) is 5.32 Å². The number of H-pyrrole nitrogens is 1. The van der Waals surface area contributed by atoms with Crippen molar-refractivity contribution in [1.82, 2.24) is 25.2 Å². The molecule has 0 aliphatic rings. The smallest absolute Gasteiger partial charge is 0.146 e. The molecule has 0 unspecified atom stereocenters. The average Bonchev–Trinajstić information content (AvgIpc) is 3.11. The first-order valence-electron chi connectivity index (χ1n) is 5.71. The maximum absolute atomic E-state index is 13.7. The fraction of sp³-hybridized carbons (Fsp3) is 0.0833. The Morgan fingerprint density at radius 2 is 2.26 bits per heavy atom. The Morgan fingerprint density at radius 3 is 3.00 bits per heavy atom. The van der Waals surface area contributed by atoms with Gasteiger partial charge in [0.25, 0.3) is 0 Å². The number of nitrogens with zero attached hydrogens (tertiary/aromatic N) is 4. The highest BCUT2D eigenvalue weighted by Crippen LogP contribution is 2.19. The normalized spacial score (nSPS) is 10.6. The van der Waals surface area contributed by atoms with Crippen molar-refractivity contribution >= 4 is 5.69 Å². The van der Waals surface area contributed by atoms with Crippen LogP contribution >= 0.6 is 0 Å². The molecule has 19 heavy (non-hydrogen) atoms. The zero-order chi connectivity index (χ0) is 13.1. The van der Waals surface area contributed by atoms with Gasteiger partial charge >= 0.3 is 0 Å². The summed E-state index contributed by atoms with van der Waals surface area (Å²) in [7, 11) is 0. The Labute approximate surface area is 108 Å². The molecule has 0 saturated heterocycles. The van der Waals surface area contributed by atoms with Gasteiger partial charge in [-0.2, -0.15) is 0 Å². The Balaban J connectivity index is 1.82. The van der Waals surface area contributed by atoms with Crippen LogP contribution in [-0.4, -0.2) is 25.2 Å². The number of rotatable bonds is 4. The molecule has 0 aliphatic carbocycles. The number of anilines is 1. The first-order chi connectivity index (χ1) is 9.33. The Hall–Kier alpha value is -2.70. The second-order valence-corrected chi connectivity index (χ2v) is 3.99. The van der Waals surface area contributed by atoms with Gasteiger partial charge in [-0.25, -0.2) is 9.07 Å². The number of aromatic amines is 1. The van der Waals surface area contributed by atoms with Gasteiger partial charge in [0.1, 0.15) is 12.1 Å². The number of tetrazole rings is 1. The molecule has 0 spiro atoms. The Kier molecular flexibility index (Phi) is 2.93. The van der Waals surface area contributed by atoms with E-state index in [0.717, 1.165) is 5.56 Å². The van der Waals surface area contributed by atoms with Gasteiger partial charge in [-0.05, 0) is 40.3 Å². The van der Waals surface area contributed by atoms with Gasteiger partial charge in [0.15, 0.2) is 0 Å². The number of hydrogen-bond acceptors (Lipinski definition) is 4. The van der Waals surface area contributed by atoms with E-state index < -0.39 is 0 Å². The third-order valence-electron chi connectivity index (χ3n) is 2.71. The van der Waals surface area contributed by atoms with E-state index >= 15 is 0 Å². The van der Waals surface area contributed by atoms with Crippen LogP contribution in [0, 0.1) is 5.82 Å². The molecule has 6 nitrogen and oxygen atoms in total. The molecule has 3 rings (SSSR count). The largest absolute Gasteiger partial charge is 0.378 e. The van der Waals surface area contributed by atoms with E-state index in [2.05, 4.69) is 25.8 Å². The molecule has 0 atom stereocenters. The highest BCUT2D eigenvalue weighted by molar-refractivity contribution is 5.52. The van der Waals surface area contributed by atoms with Gasteiger partial charge in [0.2, 0.25) is 0 Å². The molecule has 0 fully saturated rings. The van der Waals surface area contributed by atoms with Gasteiger partial charge in [0.05, 0.1) is 11.4 Å². The standard InChI is InChI=1S/C12H11FN6/c13-11-2-1-10(19-8-16-17-18-19)5-12(11)15-7-9-3-4-14-6-9/h1-6,8,14-15H,7H2. The monoisotopic (exact) mass is 258 g/mol. The molecule has 2 heterocycles. The maximum atomic E-state index is 13.7. The van der Waals surface area contributed by atoms with Crippen molar-refractivity contribution in [3.63, 3.8) is 0 Å². The lowest BCUT2D eigenvalue weighted by atomic mass is 10.2. The second kappa shape index (κ2) is 4.89. The third kappa shape index (κ3) is 2.44. The number of benzene rings is 1. The fourth-order valence-corrected chi connectivity index (χ4v) is 1.74. The molecule has 96 valence electrons. The van der Waals surface area contributed by atoms with Crippen molar-refractivity contribution in [1.29, 1.82) is 0 Å². The van der Waals surface area contributed by atoms with E-state index in [1.165, 1.54) is 17.1 Å². The van der Waals surface area contributed by atoms with Crippen LogP contribution in [0.15, 0.2) is 43.0 Å². The van der Waals surface area contributed by atoms with Crippen LogP contribution in [0.4, 0.5) is 10.1 Å². The van der Waals surface area contributed by atoms with E-state index in [4.69, 9.17) is 0 Å². The fourth-order valence-electron chi connectivity index (χ4n) is 1.74. The molecule has 0 saturated carbocycles. The predicted molar refractivity (Wildman–Crippen MR) is 67.2 cm³/mol. The van der Waals surface area contributed by atoms with Gasteiger partial charge < -0.3 is 10.3 Å². The number of hydrogen-bond donors (Lipinski definition) is 2. The van der Waals surface area contributed by atoms with Crippen LogP contribution in [-0.2, 0) is 6.54 Å². The van der Waals surface area contributed by atoms with Crippen LogP contribution in [0.3, 0.4) is 0 Å². The summed E-state index contributed by atoms with van der Waals surface area (Å²) < 4.78 is 15.2. The molecule has 0 radical (unpaired) electrons. The van der Waals surface area contributed by atoms with Crippen molar-refractivity contribution in [3.8, 4) is 5.69 Å². The average molecular weight is 258 g/mol. The van der Waals surface area contributed by atoms with Crippen LogP contribution < -0.4 is 5.32 Å². The minimum absolute atomic E-state index is 0.313. The molecule has 0 bridgehead atoms. The third-order valence-corrected chi connectivity index (χ3v) is 2.71. The first kappa shape index (κ1) is 11.4. The second-order valence-electron chi connectivity index (χ2n) is 3.99. The highest BCUT2D eigenvalue weighted by Gasteiger charge is 2.05. The Bertz CT molecular complexity index is 647. The van der Waals surface area contributed by atoms with Crippen molar-refractivity contribution in [3.05, 3.63) is 54.4 Å². The van der Waals surface area contributed by atoms with Crippen LogP contribution in [0.5, 0.6) is 0 Å². The molecule has 3 aromatic rings. The van der Waals surface area contributed by atoms with Gasteiger partial charge in [-0.15, -0.1) is 5.10 Å². The summed E-state index contributed by atoms with van der Waals surface area (Å²) in [4.78, 5) is 2.95. The molecule has 7 heteroatoms. The zero-order valence-electron chi connectivity index (χ0n) is 9.92. The lowest BCUT2D eigenvalue weighted by molar-refractivity contribution is 0.629. The summed E-state index contributed by atoms with van der Waals surface area (Å²) in [6, 6.07) is 6.60. The van der Waals surface area contributed by atoms with Gasteiger partial charge in [-0.3, -0.25) is 0 Å². The summed E-state index contributed by atoms with van der Waals surface area (Å²) in [5.74, 6) is -0.313. The van der Waals surface area contributed by atoms with Crippen molar-refractivity contribution in [2.45, 2.75) is 6.54 Å². The van der Waals surface area contributed by atoms with E-state index in [-0.39, 0.29) is 5.82 Å². The number of nitrogens with one attached hydrogen (secondary N) is 2. The molecule has 1 aromatic carbocycles. The zero-order valence-corrected chi connectivity index (χ0v) is 9.92. The summed E-state index contributed by atoms with van der Waals surface area (Å²) in [5, 5.41) is 13.9. The molecular formula is C12H11FN6. The predicted octanol–water partition coefficient (Wildman–Crippen LogP) is 1.74. The van der Waals surface area contributed by atoms with Crippen molar-refractivity contribution < 1.29 is 4.39 Å². The maximum Gasteiger partial charge on any atom is 0.146 e. The van der Waals surface area contributed by atoms with E-state index in [0.29, 0.717) is 17.9 Å². The molecule has 0 amide bonds. The summed E-state index contributed by atoms with van der Waals surface area (Å²) >= 11 is 0. The quantitative estimate of drug-likeness (QED) is 0.747. The topological polar surface area (TPSA) is 71.4 Å². The number of aromatic nitrogens is 5. The van der Waals surface area contributed by atoms with Crippen LogP contribution in [0.25, 0.3) is 5.69 Å². The summed E-state index contributed by atoms with van der Waals surface area (Å²) in [6.45, 7) is 0.541. The van der Waals surface area contributed by atoms with Crippen molar-refractivity contribution in [2.24, 2.45) is 0 Å². The minimum Gasteiger partial charge on any atom is -0.378 e. The van der Waals surface area contributed by atoms with E-state index in [1.54, 1.807) is 12.1 Å². The lowest BCUT2D eigenvalue weighted by Crippen LogP contribution is -2.03. The Morgan fingerprint density at radius 1 is 1.32 bits per heavy atom. The summed E-state index contributed by atoms with van der Waals surface area (Å²) in [6.07, 6.45) is 5.14. The van der Waals surface area contributed by atoms with E-state index in [1.807, 2.05) is 18.5 Å². The van der Waals surface area contributed by atoms with Crippen LogP contribution in [0.1, 0.15) is 5.56 Å². The lowest BCUT2D eigenvalue weighted by Gasteiger charge is -2.08.